The minimum Gasteiger partial charge on any atom is -0.487 e. The Bertz CT molecular complexity index is 511. The van der Waals surface area contributed by atoms with E-state index >= 15 is 0 Å². The zero-order valence-corrected chi connectivity index (χ0v) is 12.1. The molecule has 6 nitrogen and oxygen atoms in total. The van der Waals surface area contributed by atoms with Crippen molar-refractivity contribution in [3.63, 3.8) is 0 Å². The Morgan fingerprint density at radius 1 is 1.45 bits per heavy atom. The Morgan fingerprint density at radius 3 is 2.75 bits per heavy atom. The van der Waals surface area contributed by atoms with Gasteiger partial charge in [0, 0.05) is 28.3 Å². The van der Waals surface area contributed by atoms with Crippen molar-refractivity contribution >= 4 is 22.2 Å². The number of anilines is 1. The smallest absolute Gasteiger partial charge is 0.333 e. The number of hydrogen-bond acceptors (Lipinski definition) is 5. The van der Waals surface area contributed by atoms with Crippen LogP contribution in [0.25, 0.3) is 0 Å². The van der Waals surface area contributed by atoms with E-state index in [-0.39, 0.29) is 17.5 Å². The number of para-hydroxylation sites is 1. The fourth-order valence-corrected chi connectivity index (χ4v) is 3.56. The lowest BCUT2D eigenvalue weighted by Crippen LogP contribution is -2.29. The third-order valence-electron chi connectivity index (χ3n) is 3.23. The minimum absolute atomic E-state index is 0.0268. The van der Waals surface area contributed by atoms with E-state index in [1.165, 1.54) is 0 Å². The van der Waals surface area contributed by atoms with Crippen LogP contribution in [0.4, 0.5) is 11.4 Å². The highest BCUT2D eigenvalue weighted by atomic mass is 32.2. The molecule has 0 amide bonds. The number of nitrogens with zero attached hydrogens (tertiary/aromatic N) is 1. The quantitative estimate of drug-likeness (QED) is 0.666. The van der Waals surface area contributed by atoms with E-state index in [0.717, 1.165) is 12.8 Å². The van der Waals surface area contributed by atoms with Gasteiger partial charge in [0.2, 0.25) is 0 Å². The van der Waals surface area contributed by atoms with E-state index in [1.807, 2.05) is 0 Å². The molecular formula is C13H18N2O4S. The second kappa shape index (κ2) is 6.69. The molecule has 1 heterocycles. The van der Waals surface area contributed by atoms with Gasteiger partial charge in [0.05, 0.1) is 11.5 Å². The van der Waals surface area contributed by atoms with Crippen molar-refractivity contribution in [2.45, 2.75) is 25.8 Å². The highest BCUT2D eigenvalue weighted by molar-refractivity contribution is 7.85. The summed E-state index contributed by atoms with van der Waals surface area (Å²) in [4.78, 5) is 10.8. The van der Waals surface area contributed by atoms with Crippen LogP contribution in [-0.2, 0) is 10.8 Å². The summed E-state index contributed by atoms with van der Waals surface area (Å²) in [5.41, 5.74) is 0.444. The maximum absolute atomic E-state index is 11.3. The van der Waals surface area contributed by atoms with Crippen LogP contribution in [0.2, 0.25) is 0 Å². The van der Waals surface area contributed by atoms with Crippen molar-refractivity contribution in [2.75, 3.05) is 23.4 Å². The third-order valence-corrected chi connectivity index (χ3v) is 4.61. The molecule has 110 valence electrons. The molecule has 1 aliphatic heterocycles. The topological polar surface area (TPSA) is 81.5 Å². The lowest BCUT2D eigenvalue weighted by atomic mass is 10.1. The Morgan fingerprint density at radius 2 is 2.15 bits per heavy atom. The first-order valence-electron chi connectivity index (χ1n) is 6.63. The van der Waals surface area contributed by atoms with E-state index in [4.69, 9.17) is 4.74 Å². The predicted octanol–water partition coefficient (Wildman–Crippen LogP) is 2.32. The molecule has 0 bridgehead atoms. The van der Waals surface area contributed by atoms with Gasteiger partial charge in [-0.25, -0.2) is 0 Å². The average Bonchev–Trinajstić information content (AvgIpc) is 2.41. The third kappa shape index (κ3) is 3.47. The molecule has 0 unspecified atom stereocenters. The molecule has 1 aliphatic rings. The van der Waals surface area contributed by atoms with Crippen LogP contribution in [0.5, 0.6) is 5.75 Å². The summed E-state index contributed by atoms with van der Waals surface area (Å²) in [6, 6.07) is 5.15. The first kappa shape index (κ1) is 14.8. The Kier molecular flexibility index (Phi) is 4.94. The highest BCUT2D eigenvalue weighted by Crippen LogP contribution is 2.35. The van der Waals surface area contributed by atoms with Crippen LogP contribution >= 0.6 is 0 Å². The lowest BCUT2D eigenvalue weighted by Gasteiger charge is -2.23. The Labute approximate surface area is 120 Å². The largest absolute Gasteiger partial charge is 0.487 e. The van der Waals surface area contributed by atoms with Crippen LogP contribution in [0.1, 0.15) is 19.8 Å². The summed E-state index contributed by atoms with van der Waals surface area (Å²) in [5, 5.41) is 14.4. The van der Waals surface area contributed by atoms with Crippen LogP contribution in [0, 0.1) is 10.1 Å². The fourth-order valence-electron chi connectivity index (χ4n) is 2.26. The predicted molar refractivity (Wildman–Crippen MR) is 78.8 cm³/mol. The summed E-state index contributed by atoms with van der Waals surface area (Å²) in [5.74, 6) is 1.58. The van der Waals surface area contributed by atoms with Gasteiger partial charge in [-0.15, -0.1) is 0 Å². The first-order chi connectivity index (χ1) is 9.61. The summed E-state index contributed by atoms with van der Waals surface area (Å²) in [6.45, 7) is 2.17. The molecule has 0 atom stereocenters. The summed E-state index contributed by atoms with van der Waals surface area (Å²) in [6.07, 6.45) is 1.53. The molecule has 20 heavy (non-hydrogen) atoms. The normalized spacial score (nSPS) is 22.2. The van der Waals surface area contributed by atoms with E-state index in [1.54, 1.807) is 25.1 Å². The maximum atomic E-state index is 11.3. The molecule has 0 radical (unpaired) electrons. The molecule has 1 aromatic carbocycles. The zero-order chi connectivity index (χ0) is 14.5. The van der Waals surface area contributed by atoms with Gasteiger partial charge in [-0.05, 0) is 31.9 Å². The number of benzene rings is 1. The van der Waals surface area contributed by atoms with Crippen molar-refractivity contribution in [1.82, 2.24) is 0 Å². The Hall–Kier alpha value is -1.63. The maximum Gasteiger partial charge on any atom is 0.333 e. The van der Waals surface area contributed by atoms with Crippen LogP contribution in [0.3, 0.4) is 0 Å². The monoisotopic (exact) mass is 298 g/mol. The van der Waals surface area contributed by atoms with Crippen LogP contribution in [-0.4, -0.2) is 33.3 Å². The summed E-state index contributed by atoms with van der Waals surface area (Å²) < 4.78 is 16.6. The number of nitro groups is 1. The molecule has 1 saturated heterocycles. The first-order valence-corrected chi connectivity index (χ1v) is 8.12. The SMILES string of the molecule is CCOc1cccc(NC2CCS(=O)CC2)c1[N+](=O)[O-]. The van der Waals surface area contributed by atoms with Crippen molar-refractivity contribution in [1.29, 1.82) is 0 Å². The molecule has 2 rings (SSSR count). The van der Waals surface area contributed by atoms with Crippen molar-refractivity contribution < 1.29 is 13.9 Å². The van der Waals surface area contributed by atoms with E-state index in [0.29, 0.717) is 23.8 Å². The molecule has 1 aromatic rings. The summed E-state index contributed by atoms with van der Waals surface area (Å²) >= 11 is 0. The molecule has 1 N–H and O–H groups in total. The van der Waals surface area contributed by atoms with E-state index in [9.17, 15) is 14.3 Å². The van der Waals surface area contributed by atoms with Gasteiger partial charge in [0.25, 0.3) is 0 Å². The molecule has 0 saturated carbocycles. The molecule has 0 aromatic heterocycles. The van der Waals surface area contributed by atoms with Gasteiger partial charge in [-0.3, -0.25) is 14.3 Å². The van der Waals surface area contributed by atoms with Gasteiger partial charge >= 0.3 is 5.69 Å². The lowest BCUT2D eigenvalue weighted by molar-refractivity contribution is -0.385. The fraction of sp³-hybridized carbons (Fsp3) is 0.538. The van der Waals surface area contributed by atoms with Gasteiger partial charge < -0.3 is 10.1 Å². The van der Waals surface area contributed by atoms with Gasteiger partial charge in [-0.1, -0.05) is 6.07 Å². The van der Waals surface area contributed by atoms with E-state index < -0.39 is 15.7 Å². The summed E-state index contributed by atoms with van der Waals surface area (Å²) in [7, 11) is -0.739. The van der Waals surface area contributed by atoms with Gasteiger partial charge in [0.15, 0.2) is 5.75 Å². The second-order valence-electron chi connectivity index (χ2n) is 4.61. The van der Waals surface area contributed by atoms with Crippen molar-refractivity contribution in [2.24, 2.45) is 0 Å². The number of ether oxygens (including phenoxy) is 1. The molecular weight excluding hydrogens is 280 g/mol. The zero-order valence-electron chi connectivity index (χ0n) is 11.3. The molecule has 7 heteroatoms. The standard InChI is InChI=1S/C13H18N2O4S/c1-2-19-12-5-3-4-11(13(12)15(16)17)14-10-6-8-20(18)9-7-10/h3-5,10,14H,2,6-9H2,1H3. The highest BCUT2D eigenvalue weighted by Gasteiger charge is 2.24. The van der Waals surface area contributed by atoms with Crippen LogP contribution in [0.15, 0.2) is 18.2 Å². The van der Waals surface area contributed by atoms with Crippen LogP contribution < -0.4 is 10.1 Å². The number of nitro benzene ring substituents is 1. The molecule has 0 aliphatic carbocycles. The Balaban J connectivity index is 2.20. The second-order valence-corrected chi connectivity index (χ2v) is 6.31. The minimum atomic E-state index is -0.739. The number of rotatable bonds is 5. The van der Waals surface area contributed by atoms with E-state index in [2.05, 4.69) is 5.32 Å². The van der Waals surface area contributed by atoms with Gasteiger partial charge in [0.1, 0.15) is 5.69 Å². The number of nitrogens with one attached hydrogen (secondary N) is 1. The number of hydrogen-bond donors (Lipinski definition) is 1. The van der Waals surface area contributed by atoms with Gasteiger partial charge in [-0.2, -0.15) is 0 Å². The molecule has 0 spiro atoms. The van der Waals surface area contributed by atoms with Crippen molar-refractivity contribution in [3.05, 3.63) is 28.3 Å². The van der Waals surface area contributed by atoms with Crippen molar-refractivity contribution in [3.8, 4) is 5.75 Å². The average molecular weight is 298 g/mol. The molecule has 1 fully saturated rings.